The van der Waals surface area contributed by atoms with Gasteiger partial charge in [0, 0.05) is 12.8 Å². The van der Waals surface area contributed by atoms with Crippen LogP contribution < -0.4 is 0 Å². The SMILES string of the molecule is CC/C=C\C/C=C\C/C=C\C/C=C\C/C=C\C/C=C\C/C=C\C/C=C\C/C=C\C/C=C\C/C=C\CCCCCCCCCC(=O)OC(CO)COC(=O)CCCCCCCCCCCCCCCCCCCC/C=C\C/C=C\C/C=C\CCCCCCC. The molecule has 0 spiro atoms. The Balaban J connectivity index is 3.56. The maximum Gasteiger partial charge on any atom is 0.306 e. The molecule has 498 valence electrons. The Morgan fingerprint density at radius 2 is 0.489 bits per heavy atom. The number of hydrogen-bond donors (Lipinski definition) is 1. The van der Waals surface area contributed by atoms with Crippen molar-refractivity contribution in [2.75, 3.05) is 13.2 Å². The molecule has 0 aliphatic rings. The van der Waals surface area contributed by atoms with Gasteiger partial charge in [-0.05, 0) is 135 Å². The van der Waals surface area contributed by atoms with Crippen molar-refractivity contribution in [2.24, 2.45) is 0 Å². The topological polar surface area (TPSA) is 72.8 Å². The molecule has 0 aromatic rings. The van der Waals surface area contributed by atoms with Gasteiger partial charge in [-0.2, -0.15) is 0 Å². The minimum atomic E-state index is -0.791. The highest BCUT2D eigenvalue weighted by Crippen LogP contribution is 2.17. The van der Waals surface area contributed by atoms with Gasteiger partial charge in [0.2, 0.25) is 0 Å². The van der Waals surface area contributed by atoms with Crippen LogP contribution in [0.2, 0.25) is 0 Å². The first kappa shape index (κ1) is 83.3. The average molecular weight is 1210 g/mol. The van der Waals surface area contributed by atoms with Gasteiger partial charge in [-0.15, -0.1) is 0 Å². The highest BCUT2D eigenvalue weighted by molar-refractivity contribution is 5.70. The Bertz CT molecular complexity index is 1910. The Labute approximate surface area is 544 Å². The molecule has 0 aromatic carbocycles. The Morgan fingerprint density at radius 1 is 0.273 bits per heavy atom. The molecule has 1 atom stereocenters. The number of ether oxygens (including phenoxy) is 2. The lowest BCUT2D eigenvalue weighted by atomic mass is 10.0. The number of carbonyl (C=O) groups is 2. The lowest BCUT2D eigenvalue weighted by Gasteiger charge is -2.15. The van der Waals surface area contributed by atoms with Crippen molar-refractivity contribution in [3.05, 3.63) is 170 Å². The second kappa shape index (κ2) is 76.5. The lowest BCUT2D eigenvalue weighted by Crippen LogP contribution is -2.28. The van der Waals surface area contributed by atoms with Gasteiger partial charge >= 0.3 is 11.9 Å². The third-order valence-electron chi connectivity index (χ3n) is 15.5. The van der Waals surface area contributed by atoms with Crippen molar-refractivity contribution < 1.29 is 24.2 Å². The van der Waals surface area contributed by atoms with Crippen LogP contribution >= 0.6 is 0 Å². The second-order valence-corrected chi connectivity index (χ2v) is 23.9. The fraction of sp³-hybridized carbons (Fsp3) is 0.639. The molecule has 0 rings (SSSR count). The molecule has 0 fully saturated rings. The first-order chi connectivity index (χ1) is 43.6. The third kappa shape index (κ3) is 73.7. The fourth-order valence-corrected chi connectivity index (χ4v) is 10.0. The van der Waals surface area contributed by atoms with E-state index in [1.165, 1.54) is 167 Å². The van der Waals surface area contributed by atoms with Crippen molar-refractivity contribution in [3.63, 3.8) is 0 Å². The lowest BCUT2D eigenvalue weighted by molar-refractivity contribution is -0.161. The van der Waals surface area contributed by atoms with Gasteiger partial charge < -0.3 is 14.6 Å². The van der Waals surface area contributed by atoms with E-state index in [1.54, 1.807) is 0 Å². The molecular weight excluding hydrogens is 1080 g/mol. The maximum atomic E-state index is 12.4. The zero-order valence-electron chi connectivity index (χ0n) is 57.2. The fourth-order valence-electron chi connectivity index (χ4n) is 10.0. The minimum Gasteiger partial charge on any atom is -0.462 e. The third-order valence-corrected chi connectivity index (χ3v) is 15.5. The average Bonchev–Trinajstić information content (AvgIpc) is 3.56. The second-order valence-electron chi connectivity index (χ2n) is 23.9. The van der Waals surface area contributed by atoms with Gasteiger partial charge in [0.1, 0.15) is 6.61 Å². The smallest absolute Gasteiger partial charge is 0.306 e. The predicted molar refractivity (Wildman–Crippen MR) is 389 cm³/mol. The normalized spacial score (nSPS) is 13.3. The van der Waals surface area contributed by atoms with Gasteiger partial charge in [-0.1, -0.05) is 344 Å². The van der Waals surface area contributed by atoms with Crippen molar-refractivity contribution in [3.8, 4) is 0 Å². The molecule has 5 nitrogen and oxygen atoms in total. The van der Waals surface area contributed by atoms with E-state index in [9.17, 15) is 14.7 Å². The summed E-state index contributed by atoms with van der Waals surface area (Å²) in [6.07, 6.45) is 118. The van der Waals surface area contributed by atoms with Gasteiger partial charge in [0.15, 0.2) is 6.10 Å². The number of rotatable bonds is 66. The molecule has 0 radical (unpaired) electrons. The Morgan fingerprint density at radius 3 is 0.739 bits per heavy atom. The van der Waals surface area contributed by atoms with Crippen LogP contribution in [0.4, 0.5) is 0 Å². The molecule has 0 saturated carbocycles. The van der Waals surface area contributed by atoms with E-state index in [0.717, 1.165) is 128 Å². The van der Waals surface area contributed by atoms with E-state index in [1.807, 2.05) is 0 Å². The number of hydrogen-bond acceptors (Lipinski definition) is 5. The molecule has 0 saturated heterocycles. The molecule has 0 heterocycles. The maximum absolute atomic E-state index is 12.4. The summed E-state index contributed by atoms with van der Waals surface area (Å²) >= 11 is 0. The number of aliphatic hydroxyl groups excluding tert-OH is 1. The Hall–Kier alpha value is -4.74. The summed E-state index contributed by atoms with van der Waals surface area (Å²) in [5.41, 5.74) is 0. The first-order valence-corrected chi connectivity index (χ1v) is 36.7. The van der Waals surface area contributed by atoms with Gasteiger partial charge in [-0.3, -0.25) is 9.59 Å². The summed E-state index contributed by atoms with van der Waals surface area (Å²) in [7, 11) is 0. The summed E-state index contributed by atoms with van der Waals surface area (Å²) in [5.74, 6) is -0.604. The molecule has 0 aliphatic heterocycles. The largest absolute Gasteiger partial charge is 0.462 e. The summed E-state index contributed by atoms with van der Waals surface area (Å²) < 4.78 is 10.8. The molecule has 1 unspecified atom stereocenters. The van der Waals surface area contributed by atoms with Crippen molar-refractivity contribution in [1.82, 2.24) is 0 Å². The zero-order chi connectivity index (χ0) is 63.3. The van der Waals surface area contributed by atoms with Crippen LogP contribution in [0.5, 0.6) is 0 Å². The van der Waals surface area contributed by atoms with Gasteiger partial charge in [-0.25, -0.2) is 0 Å². The molecular formula is C83H136O5. The monoisotopic (exact) mass is 1210 g/mol. The van der Waals surface area contributed by atoms with E-state index in [4.69, 9.17) is 9.47 Å². The predicted octanol–water partition coefficient (Wildman–Crippen LogP) is 26.0. The van der Waals surface area contributed by atoms with E-state index in [2.05, 4.69) is 184 Å². The number of esters is 2. The summed E-state index contributed by atoms with van der Waals surface area (Å²) in [5, 5.41) is 9.71. The van der Waals surface area contributed by atoms with Gasteiger partial charge in [0.25, 0.3) is 0 Å². The highest BCUT2D eigenvalue weighted by Gasteiger charge is 2.16. The van der Waals surface area contributed by atoms with Gasteiger partial charge in [0.05, 0.1) is 6.61 Å². The summed E-state index contributed by atoms with van der Waals surface area (Å²) in [6.45, 7) is 4.02. The Kier molecular flexibility index (Phi) is 72.4. The first-order valence-electron chi connectivity index (χ1n) is 36.7. The van der Waals surface area contributed by atoms with E-state index < -0.39 is 6.10 Å². The van der Waals surface area contributed by atoms with Crippen LogP contribution in [0.25, 0.3) is 0 Å². The van der Waals surface area contributed by atoms with Crippen LogP contribution in [0.3, 0.4) is 0 Å². The van der Waals surface area contributed by atoms with Crippen molar-refractivity contribution in [1.29, 1.82) is 0 Å². The van der Waals surface area contributed by atoms with Crippen molar-refractivity contribution in [2.45, 2.75) is 328 Å². The number of unbranched alkanes of at least 4 members (excludes halogenated alkanes) is 30. The van der Waals surface area contributed by atoms with Crippen LogP contribution in [0.1, 0.15) is 322 Å². The van der Waals surface area contributed by atoms with Crippen LogP contribution in [-0.2, 0) is 19.1 Å². The molecule has 1 N–H and O–H groups in total. The summed E-state index contributed by atoms with van der Waals surface area (Å²) in [6, 6.07) is 0. The molecule has 0 bridgehead atoms. The van der Waals surface area contributed by atoms with Crippen LogP contribution in [0.15, 0.2) is 170 Å². The number of aliphatic hydroxyl groups is 1. The molecule has 5 heteroatoms. The molecule has 88 heavy (non-hydrogen) atoms. The highest BCUT2D eigenvalue weighted by atomic mass is 16.6. The van der Waals surface area contributed by atoms with Crippen LogP contribution in [0, 0.1) is 0 Å². The minimum absolute atomic E-state index is 0.0775. The standard InChI is InChI=1S/C83H136O5/c1-3-5-7-9-11-13-15-17-19-21-23-25-27-29-31-33-35-37-38-39-40-41-42-43-44-46-48-50-52-54-56-58-60-62-64-66-68-70-72-74-76-78-83(86)88-81(79-84)80-87-82(85)77-75-73-71-69-67-65-63-61-59-57-55-53-51-49-47-45-36-34-32-30-28-26-24-22-20-18-16-14-12-10-8-6-4-2/h5,7,11,13,16-19,22-25,28-31,35,37,39-40,42-43,46,48,52,54,58,60,81,84H,3-4,6,8-10,12,14-15,20-21,26-27,32-34,36,38,41,44-45,47,49-51,53,55-57,59,61-80H2,1-2H3/b7-5-,13-11-,18-16-,19-17-,24-22-,25-23-,30-28-,31-29-,37-35-,40-39-,43-42-,48-46-,54-52-,60-58-. The van der Waals surface area contributed by atoms with E-state index >= 15 is 0 Å². The quantitative estimate of drug-likeness (QED) is 0.0373. The molecule has 0 aromatic heterocycles. The van der Waals surface area contributed by atoms with E-state index in [0.29, 0.717) is 12.8 Å². The van der Waals surface area contributed by atoms with E-state index in [-0.39, 0.29) is 25.2 Å². The summed E-state index contributed by atoms with van der Waals surface area (Å²) in [4.78, 5) is 24.7. The molecule has 0 amide bonds. The number of carbonyl (C=O) groups excluding carboxylic acids is 2. The van der Waals surface area contributed by atoms with Crippen molar-refractivity contribution >= 4 is 11.9 Å². The van der Waals surface area contributed by atoms with Crippen LogP contribution in [-0.4, -0.2) is 36.4 Å². The molecule has 0 aliphatic carbocycles. The zero-order valence-corrected chi connectivity index (χ0v) is 57.2. The number of allylic oxidation sites excluding steroid dienone is 28.